The van der Waals surface area contributed by atoms with Crippen molar-refractivity contribution in [2.75, 3.05) is 0 Å². The van der Waals surface area contributed by atoms with Gasteiger partial charge in [-0.05, 0) is 19.4 Å². The molecule has 1 aliphatic rings. The maximum Gasteiger partial charge on any atom is 0.111 e. The van der Waals surface area contributed by atoms with Crippen molar-refractivity contribution < 1.29 is 4.21 Å². The van der Waals surface area contributed by atoms with E-state index in [0.29, 0.717) is 11.3 Å². The molecule has 0 fully saturated rings. The van der Waals surface area contributed by atoms with Gasteiger partial charge >= 0.3 is 0 Å². The quantitative estimate of drug-likeness (QED) is 0.756. The minimum atomic E-state index is -0.318. The van der Waals surface area contributed by atoms with Gasteiger partial charge in [0.05, 0.1) is 10.6 Å². The van der Waals surface area contributed by atoms with E-state index in [9.17, 15) is 4.21 Å². The first kappa shape index (κ1) is 11.6. The zero-order valence-corrected chi connectivity index (χ0v) is 10.9. The topological polar surface area (TPSA) is 29.4 Å². The van der Waals surface area contributed by atoms with Crippen LogP contribution in [-0.2, 0) is 17.7 Å². The smallest absolute Gasteiger partial charge is 0.111 e. The molecule has 4 heteroatoms. The largest absolute Gasteiger partial charge is 0.270 e. The van der Waals surface area contributed by atoms with E-state index in [1.54, 1.807) is 0 Å². The minimum absolute atomic E-state index is 0.318. The average molecular weight is 251 g/mol. The highest BCUT2D eigenvalue weighted by atomic mass is 32.2. The molecule has 1 heterocycles. The van der Waals surface area contributed by atoms with E-state index in [-0.39, 0.29) is 5.54 Å². The Kier molecular flexibility index (Phi) is 3.30. The third-order valence-corrected chi connectivity index (χ3v) is 4.65. The molecule has 0 aliphatic carbocycles. The van der Waals surface area contributed by atoms with Gasteiger partial charge in [0.1, 0.15) is 15.5 Å². The first-order valence-corrected chi connectivity index (χ1v) is 6.65. The molecular formula is C12H13NOS2. The van der Waals surface area contributed by atoms with Crippen LogP contribution in [0.25, 0.3) is 0 Å². The number of thioether (sulfide) groups is 1. The van der Waals surface area contributed by atoms with E-state index in [1.807, 2.05) is 32.0 Å². The summed E-state index contributed by atoms with van der Waals surface area (Å²) in [7, 11) is 0. The highest BCUT2D eigenvalue weighted by Gasteiger charge is 2.32. The van der Waals surface area contributed by atoms with Crippen LogP contribution in [0, 0.1) is 0 Å². The van der Waals surface area contributed by atoms with E-state index in [2.05, 4.69) is 17.1 Å². The molecule has 0 aromatic heterocycles. The third kappa shape index (κ3) is 2.44. The highest BCUT2D eigenvalue weighted by molar-refractivity contribution is 8.32. The lowest BCUT2D eigenvalue weighted by atomic mass is 10.1. The Morgan fingerprint density at radius 2 is 2.00 bits per heavy atom. The summed E-state index contributed by atoms with van der Waals surface area (Å²) >= 11 is 2.10. The van der Waals surface area contributed by atoms with Crippen LogP contribution in [0.3, 0.4) is 0 Å². The molecule has 2 rings (SSSR count). The molecule has 2 nitrogen and oxygen atoms in total. The fourth-order valence-corrected chi connectivity index (χ4v) is 3.27. The van der Waals surface area contributed by atoms with Gasteiger partial charge < -0.3 is 0 Å². The van der Waals surface area contributed by atoms with Gasteiger partial charge in [0.15, 0.2) is 0 Å². The number of aliphatic imine (C=N–C) groups is 1. The lowest BCUT2D eigenvalue weighted by molar-refractivity contribution is 0.696. The van der Waals surface area contributed by atoms with E-state index in [0.717, 1.165) is 15.7 Å². The van der Waals surface area contributed by atoms with Gasteiger partial charge in [0, 0.05) is 6.42 Å². The second kappa shape index (κ2) is 4.55. The van der Waals surface area contributed by atoms with Crippen LogP contribution in [0.2, 0.25) is 0 Å². The zero-order valence-electron chi connectivity index (χ0n) is 9.27. The van der Waals surface area contributed by atoms with Crippen molar-refractivity contribution in [1.82, 2.24) is 0 Å². The average Bonchev–Trinajstić information content (AvgIpc) is 2.54. The standard InChI is InChI=1S/C12H13NOS2/c1-12(2)11(16-14)15-10(13-12)8-9-6-4-3-5-7-9/h3-7H,8H2,1-2H3. The molecular weight excluding hydrogens is 238 g/mol. The number of benzene rings is 1. The summed E-state index contributed by atoms with van der Waals surface area (Å²) in [5, 5.41) is 1.04. The lowest BCUT2D eigenvalue weighted by Crippen LogP contribution is -2.22. The van der Waals surface area contributed by atoms with Crippen LogP contribution in [0.1, 0.15) is 19.4 Å². The monoisotopic (exact) mass is 251 g/mol. The molecule has 84 valence electrons. The number of hydrogen-bond donors (Lipinski definition) is 0. The Morgan fingerprint density at radius 3 is 2.56 bits per heavy atom. The molecule has 16 heavy (non-hydrogen) atoms. The molecule has 0 saturated heterocycles. The van der Waals surface area contributed by atoms with Crippen LogP contribution < -0.4 is 0 Å². The predicted octanol–water partition coefficient (Wildman–Crippen LogP) is 2.50. The van der Waals surface area contributed by atoms with E-state index < -0.39 is 0 Å². The van der Waals surface area contributed by atoms with Crippen LogP contribution in [-0.4, -0.2) is 19.0 Å². The van der Waals surface area contributed by atoms with Gasteiger partial charge in [0.25, 0.3) is 0 Å². The minimum Gasteiger partial charge on any atom is -0.270 e. The fraction of sp³-hybridized carbons (Fsp3) is 0.333. The summed E-state index contributed by atoms with van der Waals surface area (Å²) in [5.41, 5.74) is 0.919. The Labute approximate surface area is 103 Å². The van der Waals surface area contributed by atoms with Gasteiger partial charge in [0.2, 0.25) is 0 Å². The maximum atomic E-state index is 10.9. The van der Waals surface area contributed by atoms with Crippen molar-refractivity contribution in [3.05, 3.63) is 35.9 Å². The van der Waals surface area contributed by atoms with Crippen LogP contribution in [0.4, 0.5) is 0 Å². The Hall–Kier alpha value is -0.870. The molecule has 0 amide bonds. The SMILES string of the molecule is CC1(C)N=C(Cc2ccccc2)SC1=S=O. The summed E-state index contributed by atoms with van der Waals surface area (Å²) in [6.45, 7) is 3.97. The maximum absolute atomic E-state index is 10.9. The summed E-state index contributed by atoms with van der Waals surface area (Å²) in [6, 6.07) is 10.2. The first-order chi connectivity index (χ1) is 7.62. The second-order valence-corrected chi connectivity index (χ2v) is 6.12. The van der Waals surface area contributed by atoms with Crippen molar-refractivity contribution in [3.63, 3.8) is 0 Å². The van der Waals surface area contributed by atoms with Crippen molar-refractivity contribution in [3.8, 4) is 0 Å². The molecule has 0 saturated carbocycles. The van der Waals surface area contributed by atoms with Crippen molar-refractivity contribution in [1.29, 1.82) is 0 Å². The molecule has 1 aliphatic heterocycles. The van der Waals surface area contributed by atoms with Crippen LogP contribution in [0.5, 0.6) is 0 Å². The summed E-state index contributed by atoms with van der Waals surface area (Å²) in [6.07, 6.45) is 0.818. The van der Waals surface area contributed by atoms with E-state index in [4.69, 9.17) is 0 Å². The van der Waals surface area contributed by atoms with Crippen molar-refractivity contribution >= 4 is 32.3 Å². The van der Waals surface area contributed by atoms with Crippen molar-refractivity contribution in [2.24, 2.45) is 4.99 Å². The van der Waals surface area contributed by atoms with Gasteiger partial charge in [-0.3, -0.25) is 4.99 Å². The molecule has 1 aromatic carbocycles. The first-order valence-electron chi connectivity index (χ1n) is 5.09. The van der Waals surface area contributed by atoms with E-state index >= 15 is 0 Å². The Balaban J connectivity index is 2.18. The fourth-order valence-electron chi connectivity index (χ4n) is 1.58. The van der Waals surface area contributed by atoms with Gasteiger partial charge in [-0.1, -0.05) is 42.1 Å². The highest BCUT2D eigenvalue weighted by Crippen LogP contribution is 2.30. The molecule has 0 radical (unpaired) electrons. The van der Waals surface area contributed by atoms with Crippen LogP contribution >= 0.6 is 11.8 Å². The molecule has 0 N–H and O–H groups in total. The molecule has 0 bridgehead atoms. The van der Waals surface area contributed by atoms with Gasteiger partial charge in [-0.2, -0.15) is 0 Å². The molecule has 1 aromatic rings. The molecule has 0 unspecified atom stereocenters. The van der Waals surface area contributed by atoms with Crippen LogP contribution in [0.15, 0.2) is 35.3 Å². The number of rotatable bonds is 2. The summed E-state index contributed by atoms with van der Waals surface area (Å²) in [4.78, 5) is 4.59. The molecule has 0 atom stereocenters. The zero-order chi connectivity index (χ0) is 11.6. The Bertz CT molecular complexity index is 473. The predicted molar refractivity (Wildman–Crippen MR) is 72.4 cm³/mol. The van der Waals surface area contributed by atoms with Gasteiger partial charge in [-0.15, -0.1) is 0 Å². The van der Waals surface area contributed by atoms with E-state index in [1.165, 1.54) is 17.3 Å². The van der Waals surface area contributed by atoms with Gasteiger partial charge in [-0.25, -0.2) is 4.21 Å². The summed E-state index contributed by atoms with van der Waals surface area (Å²) < 4.78 is 11.8. The lowest BCUT2D eigenvalue weighted by Gasteiger charge is -2.10. The van der Waals surface area contributed by atoms with Crippen molar-refractivity contribution in [2.45, 2.75) is 25.8 Å². The Morgan fingerprint density at radius 1 is 1.31 bits per heavy atom. The number of nitrogens with zero attached hydrogens (tertiary/aromatic N) is 1. The number of hydrogen-bond acceptors (Lipinski definition) is 3. The summed E-state index contributed by atoms with van der Waals surface area (Å²) in [5.74, 6) is 0. The second-order valence-electron chi connectivity index (χ2n) is 4.20. The molecule has 0 spiro atoms. The third-order valence-electron chi connectivity index (χ3n) is 2.39. The normalized spacial score (nSPS) is 18.4.